The predicted octanol–water partition coefficient (Wildman–Crippen LogP) is 3.04. The Morgan fingerprint density at radius 1 is 1.17 bits per heavy atom. The first-order valence-electron chi connectivity index (χ1n) is 9.80. The van der Waals surface area contributed by atoms with Crippen molar-refractivity contribution in [3.63, 3.8) is 0 Å². The Balaban J connectivity index is 2.02. The van der Waals surface area contributed by atoms with E-state index in [4.69, 9.17) is 15.2 Å². The second-order valence-corrected chi connectivity index (χ2v) is 6.92. The second kappa shape index (κ2) is 9.47. The molecule has 0 aliphatic rings. The summed E-state index contributed by atoms with van der Waals surface area (Å²) in [6.45, 7) is 2.66. The van der Waals surface area contributed by atoms with Crippen LogP contribution in [0, 0.1) is 0 Å². The van der Waals surface area contributed by atoms with E-state index >= 15 is 0 Å². The van der Waals surface area contributed by atoms with Gasteiger partial charge in [-0.3, -0.25) is 0 Å². The van der Waals surface area contributed by atoms with E-state index in [2.05, 4.69) is 22.2 Å². The van der Waals surface area contributed by atoms with Crippen LogP contribution in [-0.4, -0.2) is 46.5 Å². The molecule has 0 radical (unpaired) electrons. The van der Waals surface area contributed by atoms with E-state index in [1.54, 1.807) is 14.2 Å². The topological polar surface area (TPSA) is 107 Å². The van der Waals surface area contributed by atoms with Crippen molar-refractivity contribution < 1.29 is 14.6 Å². The third-order valence-corrected chi connectivity index (χ3v) is 4.95. The van der Waals surface area contributed by atoms with Gasteiger partial charge in [-0.2, -0.15) is 4.98 Å². The standard InChI is InChI=1S/C21H29N5O3/c1-4-5-7-14(13-27)23-20-19-16(24-21(22)25-20)10-11-26(19)12-15-17(28-2)8-6-9-18(15)29-3/h6,8-11,14,27H,4-5,7,12-13H2,1-3H3,(H3,22,23,24,25)/t14-/m0/s1. The maximum Gasteiger partial charge on any atom is 0.222 e. The Morgan fingerprint density at radius 3 is 2.52 bits per heavy atom. The van der Waals surface area contributed by atoms with Crippen LogP contribution in [0.4, 0.5) is 11.8 Å². The molecule has 0 amide bonds. The molecule has 156 valence electrons. The second-order valence-electron chi connectivity index (χ2n) is 6.92. The maximum absolute atomic E-state index is 9.77. The zero-order valence-corrected chi connectivity index (χ0v) is 17.2. The molecule has 4 N–H and O–H groups in total. The average Bonchev–Trinajstić information content (AvgIpc) is 3.13. The first-order valence-corrected chi connectivity index (χ1v) is 9.80. The maximum atomic E-state index is 9.77. The lowest BCUT2D eigenvalue weighted by atomic mass is 10.1. The van der Waals surface area contributed by atoms with E-state index in [-0.39, 0.29) is 18.6 Å². The van der Waals surface area contributed by atoms with E-state index < -0.39 is 0 Å². The summed E-state index contributed by atoms with van der Waals surface area (Å²) in [5.41, 5.74) is 8.40. The zero-order chi connectivity index (χ0) is 20.8. The van der Waals surface area contributed by atoms with Crippen LogP contribution in [0.15, 0.2) is 30.5 Å². The van der Waals surface area contributed by atoms with Crippen LogP contribution in [0.3, 0.4) is 0 Å². The Hall–Kier alpha value is -3.00. The molecule has 0 fully saturated rings. The van der Waals surface area contributed by atoms with Gasteiger partial charge < -0.3 is 30.2 Å². The largest absolute Gasteiger partial charge is 0.496 e. The van der Waals surface area contributed by atoms with E-state index in [0.717, 1.165) is 47.4 Å². The number of nitrogens with two attached hydrogens (primary N) is 1. The van der Waals surface area contributed by atoms with Crippen LogP contribution < -0.4 is 20.5 Å². The third-order valence-electron chi connectivity index (χ3n) is 4.95. The van der Waals surface area contributed by atoms with Crippen LogP contribution in [0.25, 0.3) is 11.0 Å². The monoisotopic (exact) mass is 399 g/mol. The number of nitrogen functional groups attached to an aromatic ring is 1. The van der Waals surface area contributed by atoms with E-state index in [1.807, 2.05) is 35.0 Å². The highest BCUT2D eigenvalue weighted by molar-refractivity contribution is 5.87. The number of unbranched alkanes of at least 4 members (excludes halogenated alkanes) is 1. The molecule has 1 aromatic carbocycles. The summed E-state index contributed by atoms with van der Waals surface area (Å²) < 4.78 is 13.1. The molecule has 8 nitrogen and oxygen atoms in total. The molecule has 2 heterocycles. The molecule has 0 saturated carbocycles. The Labute approximate surface area is 170 Å². The number of aliphatic hydroxyl groups excluding tert-OH is 1. The quantitative estimate of drug-likeness (QED) is 0.481. The number of nitrogens with one attached hydrogen (secondary N) is 1. The Bertz CT molecular complexity index is 935. The number of aromatic nitrogens is 3. The van der Waals surface area contributed by atoms with Gasteiger partial charge in [0.1, 0.15) is 17.0 Å². The number of methoxy groups -OCH3 is 2. The van der Waals surface area contributed by atoms with Crippen LogP contribution >= 0.6 is 0 Å². The van der Waals surface area contributed by atoms with Crippen molar-refractivity contribution in [2.24, 2.45) is 0 Å². The van der Waals surface area contributed by atoms with Gasteiger partial charge in [-0.1, -0.05) is 25.8 Å². The summed E-state index contributed by atoms with van der Waals surface area (Å²) in [6.07, 6.45) is 4.86. The van der Waals surface area contributed by atoms with Gasteiger partial charge in [0.05, 0.1) is 44.5 Å². The fourth-order valence-electron chi connectivity index (χ4n) is 3.46. The molecule has 3 aromatic rings. The number of ether oxygens (including phenoxy) is 2. The van der Waals surface area contributed by atoms with Crippen molar-refractivity contribution in [2.75, 3.05) is 31.9 Å². The molecular formula is C21H29N5O3. The van der Waals surface area contributed by atoms with Gasteiger partial charge in [0, 0.05) is 6.20 Å². The number of fused-ring (bicyclic) bond motifs is 1. The summed E-state index contributed by atoms with van der Waals surface area (Å²) in [7, 11) is 3.28. The number of benzene rings is 1. The van der Waals surface area contributed by atoms with Gasteiger partial charge in [0.15, 0.2) is 5.82 Å². The van der Waals surface area contributed by atoms with Crippen molar-refractivity contribution in [1.29, 1.82) is 0 Å². The normalized spacial score (nSPS) is 12.1. The number of rotatable bonds is 10. The van der Waals surface area contributed by atoms with Crippen LogP contribution in [0.2, 0.25) is 0 Å². The molecular weight excluding hydrogens is 370 g/mol. The van der Waals surface area contributed by atoms with E-state index in [0.29, 0.717) is 12.4 Å². The minimum atomic E-state index is -0.100. The Kier molecular flexibility index (Phi) is 6.77. The van der Waals surface area contributed by atoms with Gasteiger partial charge in [-0.25, -0.2) is 4.98 Å². The van der Waals surface area contributed by atoms with Gasteiger partial charge in [0.2, 0.25) is 5.95 Å². The summed E-state index contributed by atoms with van der Waals surface area (Å²) in [5.74, 6) is 2.29. The molecule has 0 aliphatic carbocycles. The van der Waals surface area contributed by atoms with Gasteiger partial charge >= 0.3 is 0 Å². The summed E-state index contributed by atoms with van der Waals surface area (Å²) in [5, 5.41) is 13.1. The molecule has 1 atom stereocenters. The summed E-state index contributed by atoms with van der Waals surface area (Å²) >= 11 is 0. The van der Waals surface area contributed by atoms with Gasteiger partial charge in [-0.05, 0) is 24.6 Å². The molecule has 3 rings (SSSR count). The van der Waals surface area contributed by atoms with Gasteiger partial charge in [-0.15, -0.1) is 0 Å². The molecule has 0 saturated heterocycles. The minimum absolute atomic E-state index is 0.0203. The van der Waals surface area contributed by atoms with E-state index in [1.165, 1.54) is 0 Å². The minimum Gasteiger partial charge on any atom is -0.496 e. The van der Waals surface area contributed by atoms with Crippen LogP contribution in [0.1, 0.15) is 31.7 Å². The molecule has 2 aromatic heterocycles. The van der Waals surface area contributed by atoms with Crippen LogP contribution in [0.5, 0.6) is 11.5 Å². The van der Waals surface area contributed by atoms with Crippen molar-refractivity contribution in [1.82, 2.24) is 14.5 Å². The number of anilines is 2. The number of aliphatic hydroxyl groups is 1. The first-order chi connectivity index (χ1) is 14.1. The lowest BCUT2D eigenvalue weighted by Crippen LogP contribution is -2.25. The fraction of sp³-hybridized carbons (Fsp3) is 0.429. The number of hydrogen-bond donors (Lipinski definition) is 3. The lowest BCUT2D eigenvalue weighted by molar-refractivity contribution is 0.267. The molecule has 0 bridgehead atoms. The number of nitrogens with zero attached hydrogens (tertiary/aromatic N) is 3. The fourth-order valence-corrected chi connectivity index (χ4v) is 3.46. The molecule has 29 heavy (non-hydrogen) atoms. The Morgan fingerprint density at radius 2 is 1.90 bits per heavy atom. The highest BCUT2D eigenvalue weighted by atomic mass is 16.5. The predicted molar refractivity (Wildman–Crippen MR) is 115 cm³/mol. The van der Waals surface area contributed by atoms with Crippen molar-refractivity contribution in [2.45, 2.75) is 38.8 Å². The summed E-state index contributed by atoms with van der Waals surface area (Å²) in [4.78, 5) is 8.78. The third kappa shape index (κ3) is 4.54. The molecule has 8 heteroatoms. The van der Waals surface area contributed by atoms with Gasteiger partial charge in [0.25, 0.3) is 0 Å². The average molecular weight is 399 g/mol. The highest BCUT2D eigenvalue weighted by Crippen LogP contribution is 2.31. The van der Waals surface area contributed by atoms with Crippen molar-refractivity contribution in [3.05, 3.63) is 36.0 Å². The molecule has 0 unspecified atom stereocenters. The van der Waals surface area contributed by atoms with Crippen molar-refractivity contribution in [3.8, 4) is 11.5 Å². The molecule has 0 spiro atoms. The molecule has 0 aliphatic heterocycles. The number of hydrogen-bond acceptors (Lipinski definition) is 7. The smallest absolute Gasteiger partial charge is 0.222 e. The van der Waals surface area contributed by atoms with E-state index in [9.17, 15) is 5.11 Å². The van der Waals surface area contributed by atoms with Crippen molar-refractivity contribution >= 4 is 22.8 Å². The highest BCUT2D eigenvalue weighted by Gasteiger charge is 2.17. The SMILES string of the molecule is CCCC[C@@H](CO)Nc1nc(N)nc2ccn(Cc3c(OC)cccc3OC)c12. The first kappa shape index (κ1) is 20.7. The van der Waals surface area contributed by atoms with Crippen LogP contribution in [-0.2, 0) is 6.54 Å². The lowest BCUT2D eigenvalue weighted by Gasteiger charge is -2.19. The zero-order valence-electron chi connectivity index (χ0n) is 17.2. The summed E-state index contributed by atoms with van der Waals surface area (Å²) in [6, 6.07) is 7.51.